The van der Waals surface area contributed by atoms with Crippen molar-refractivity contribution in [1.82, 2.24) is 4.90 Å². The van der Waals surface area contributed by atoms with Crippen molar-refractivity contribution in [3.63, 3.8) is 0 Å². The molecule has 0 saturated carbocycles. The Kier molecular flexibility index (Phi) is 3.29. The van der Waals surface area contributed by atoms with E-state index in [4.69, 9.17) is 4.74 Å². The normalized spacial score (nSPS) is 34.7. The number of benzene rings is 1. The van der Waals surface area contributed by atoms with Crippen LogP contribution in [0, 0.1) is 0 Å². The fourth-order valence-electron chi connectivity index (χ4n) is 2.71. The third-order valence-electron chi connectivity index (χ3n) is 3.56. The number of carbonyl (C=O) groups is 1. The summed E-state index contributed by atoms with van der Waals surface area (Å²) in [6, 6.07) is 9.01. The predicted octanol–water partition coefficient (Wildman–Crippen LogP) is 1.07. The zero-order valence-electron chi connectivity index (χ0n) is 9.70. The van der Waals surface area contributed by atoms with Crippen molar-refractivity contribution >= 4 is 28.5 Å². The second-order valence-electron chi connectivity index (χ2n) is 4.70. The van der Waals surface area contributed by atoms with Crippen LogP contribution in [0.3, 0.4) is 0 Å². The summed E-state index contributed by atoms with van der Waals surface area (Å²) in [7, 11) is 0. The van der Waals surface area contributed by atoms with E-state index in [2.05, 4.69) is 22.6 Å². The number of nitrogens with zero attached hydrogens (tertiary/aromatic N) is 1. The third kappa shape index (κ3) is 1.94. The van der Waals surface area contributed by atoms with E-state index < -0.39 is 6.10 Å². The Morgan fingerprint density at radius 2 is 2.11 bits per heavy atom. The van der Waals surface area contributed by atoms with Gasteiger partial charge in [0.05, 0.1) is 22.7 Å². The Bertz CT molecular complexity index is 453. The maximum atomic E-state index is 12.4. The zero-order valence-corrected chi connectivity index (χ0v) is 11.9. The molecule has 4 atom stereocenters. The Hall–Kier alpha value is -0.660. The second-order valence-corrected chi connectivity index (χ2v) is 6.30. The maximum Gasteiger partial charge on any atom is 0.254 e. The first-order valence-corrected chi connectivity index (χ1v) is 7.23. The van der Waals surface area contributed by atoms with Crippen LogP contribution in [0.2, 0.25) is 0 Å². The summed E-state index contributed by atoms with van der Waals surface area (Å²) in [6.45, 7) is 0.966. The summed E-state index contributed by atoms with van der Waals surface area (Å²) in [5.74, 6) is -0.0192. The van der Waals surface area contributed by atoms with E-state index in [-0.39, 0.29) is 22.0 Å². The lowest BCUT2D eigenvalue weighted by Gasteiger charge is -2.25. The minimum atomic E-state index is -0.567. The number of amides is 1. The molecule has 0 radical (unpaired) electrons. The highest BCUT2D eigenvalue weighted by atomic mass is 127. The van der Waals surface area contributed by atoms with E-state index in [9.17, 15) is 9.90 Å². The van der Waals surface area contributed by atoms with Crippen molar-refractivity contribution in [3.05, 3.63) is 35.9 Å². The van der Waals surface area contributed by atoms with Gasteiger partial charge < -0.3 is 14.7 Å². The molecule has 1 aromatic carbocycles. The van der Waals surface area contributed by atoms with Crippen LogP contribution in [0.25, 0.3) is 0 Å². The molecule has 0 spiro atoms. The van der Waals surface area contributed by atoms with E-state index >= 15 is 0 Å². The van der Waals surface area contributed by atoms with Gasteiger partial charge in [-0.15, -0.1) is 0 Å². The van der Waals surface area contributed by atoms with Gasteiger partial charge in [-0.25, -0.2) is 0 Å². The topological polar surface area (TPSA) is 49.8 Å². The molecule has 0 aromatic heterocycles. The van der Waals surface area contributed by atoms with Crippen LogP contribution in [0.1, 0.15) is 10.4 Å². The van der Waals surface area contributed by atoms with Gasteiger partial charge in [0, 0.05) is 12.1 Å². The van der Waals surface area contributed by atoms with Gasteiger partial charge >= 0.3 is 0 Å². The number of halogens is 1. The van der Waals surface area contributed by atoms with Crippen molar-refractivity contribution in [2.75, 3.05) is 13.2 Å². The Labute approximate surface area is 119 Å². The summed E-state index contributed by atoms with van der Waals surface area (Å²) in [4.78, 5) is 14.2. The highest BCUT2D eigenvalue weighted by Crippen LogP contribution is 2.34. The summed E-state index contributed by atoms with van der Waals surface area (Å²) in [5, 5.41) is 9.96. The van der Waals surface area contributed by atoms with E-state index in [1.807, 2.05) is 18.2 Å². The number of ether oxygens (including phenoxy) is 1. The monoisotopic (exact) mass is 359 g/mol. The molecule has 2 heterocycles. The molecular weight excluding hydrogens is 345 g/mol. The van der Waals surface area contributed by atoms with Gasteiger partial charge in [0.1, 0.15) is 6.10 Å². The average Bonchev–Trinajstić information content (AvgIpc) is 2.92. The molecule has 4 nitrogen and oxygen atoms in total. The van der Waals surface area contributed by atoms with Crippen LogP contribution < -0.4 is 0 Å². The quantitative estimate of drug-likeness (QED) is 0.603. The molecule has 2 saturated heterocycles. The molecular formula is C13H14INO3. The molecule has 1 N–H and O–H groups in total. The lowest BCUT2D eigenvalue weighted by atomic mass is 10.1. The fraction of sp³-hybridized carbons (Fsp3) is 0.462. The summed E-state index contributed by atoms with van der Waals surface area (Å²) >= 11 is 2.30. The van der Waals surface area contributed by atoms with E-state index in [0.29, 0.717) is 18.7 Å². The molecule has 3 rings (SSSR count). The van der Waals surface area contributed by atoms with Gasteiger partial charge in [0.25, 0.3) is 5.91 Å². The SMILES string of the molecule is O=C(c1ccccc1)N1C[C@H](I)[C@H]2OC[C@H](O)[C@H]21. The van der Waals surface area contributed by atoms with Gasteiger partial charge in [-0.1, -0.05) is 40.8 Å². The average molecular weight is 359 g/mol. The molecule has 1 amide bonds. The Morgan fingerprint density at radius 3 is 2.83 bits per heavy atom. The Balaban J connectivity index is 1.86. The molecule has 96 valence electrons. The number of likely N-dealkylation sites (tertiary alicyclic amines) is 1. The summed E-state index contributed by atoms with van der Waals surface area (Å²) in [6.07, 6.45) is -0.601. The highest BCUT2D eigenvalue weighted by molar-refractivity contribution is 14.1. The van der Waals surface area contributed by atoms with Crippen molar-refractivity contribution in [2.45, 2.75) is 22.2 Å². The molecule has 5 heteroatoms. The predicted molar refractivity (Wildman–Crippen MR) is 74.8 cm³/mol. The van der Waals surface area contributed by atoms with E-state index in [0.717, 1.165) is 0 Å². The third-order valence-corrected chi connectivity index (χ3v) is 4.66. The molecule has 2 aliphatic heterocycles. The van der Waals surface area contributed by atoms with Crippen LogP contribution in [0.15, 0.2) is 30.3 Å². The standard InChI is InChI=1S/C13H14INO3/c14-9-6-15(11-10(16)7-18-12(9)11)13(17)8-4-2-1-3-5-8/h1-5,9-12,16H,6-7H2/t9-,10-,11+,12+/m0/s1. The molecule has 2 fully saturated rings. The maximum absolute atomic E-state index is 12.4. The summed E-state index contributed by atoms with van der Waals surface area (Å²) in [5.41, 5.74) is 0.667. The van der Waals surface area contributed by atoms with Crippen LogP contribution in [0.4, 0.5) is 0 Å². The van der Waals surface area contributed by atoms with Crippen molar-refractivity contribution in [2.24, 2.45) is 0 Å². The number of aliphatic hydroxyl groups excluding tert-OH is 1. The number of aliphatic hydroxyl groups is 1. The molecule has 0 bridgehead atoms. The number of fused-ring (bicyclic) bond motifs is 1. The second kappa shape index (κ2) is 4.79. The number of rotatable bonds is 1. The fourth-order valence-corrected chi connectivity index (χ4v) is 3.77. The Morgan fingerprint density at radius 1 is 1.39 bits per heavy atom. The largest absolute Gasteiger partial charge is 0.388 e. The van der Waals surface area contributed by atoms with Crippen molar-refractivity contribution in [3.8, 4) is 0 Å². The highest BCUT2D eigenvalue weighted by Gasteiger charge is 2.51. The van der Waals surface area contributed by atoms with Gasteiger partial charge in [-0.3, -0.25) is 4.79 Å². The number of carbonyl (C=O) groups excluding carboxylic acids is 1. The van der Waals surface area contributed by atoms with Crippen molar-refractivity contribution in [1.29, 1.82) is 0 Å². The van der Waals surface area contributed by atoms with Crippen molar-refractivity contribution < 1.29 is 14.6 Å². The van der Waals surface area contributed by atoms with E-state index in [1.54, 1.807) is 17.0 Å². The first-order valence-electron chi connectivity index (χ1n) is 5.98. The minimum Gasteiger partial charge on any atom is -0.388 e. The van der Waals surface area contributed by atoms with Crippen LogP contribution >= 0.6 is 22.6 Å². The molecule has 0 aliphatic carbocycles. The molecule has 1 aromatic rings. The van der Waals surface area contributed by atoms with Gasteiger partial charge in [-0.05, 0) is 12.1 Å². The molecule has 18 heavy (non-hydrogen) atoms. The minimum absolute atomic E-state index is 0.0192. The number of hydrogen-bond donors (Lipinski definition) is 1. The van der Waals surface area contributed by atoms with Gasteiger partial charge in [-0.2, -0.15) is 0 Å². The zero-order chi connectivity index (χ0) is 12.7. The lowest BCUT2D eigenvalue weighted by molar-refractivity contribution is 0.0573. The van der Waals surface area contributed by atoms with Crippen LogP contribution in [0.5, 0.6) is 0 Å². The molecule has 2 aliphatic rings. The number of hydrogen-bond acceptors (Lipinski definition) is 3. The van der Waals surface area contributed by atoms with E-state index in [1.165, 1.54) is 0 Å². The summed E-state index contributed by atoms with van der Waals surface area (Å²) < 4.78 is 5.81. The van der Waals surface area contributed by atoms with Crippen LogP contribution in [-0.4, -0.2) is 51.2 Å². The van der Waals surface area contributed by atoms with Gasteiger partial charge in [0.15, 0.2) is 0 Å². The number of alkyl halides is 1. The lowest BCUT2D eigenvalue weighted by Crippen LogP contribution is -2.44. The van der Waals surface area contributed by atoms with Gasteiger partial charge in [0.2, 0.25) is 0 Å². The van der Waals surface area contributed by atoms with Crippen LogP contribution in [-0.2, 0) is 4.74 Å². The molecule has 0 unspecified atom stereocenters. The smallest absolute Gasteiger partial charge is 0.254 e. The first-order chi connectivity index (χ1) is 8.68. The first kappa shape index (κ1) is 12.4.